The standard InChI is InChI=1S/C28H28ClN3O4S/c1-3-19(4-2)27-28(34)32(18-25(33)31-37(35,36)22-13-9-6-10-14-22)24-16-15-21(29)17-23(24)26(30-27)20-11-7-5-8-12-20/h5-17,19,27H,3-4,18H2,1-2H3,(H,31,33). The molecule has 1 aliphatic heterocycles. The molecule has 7 nitrogen and oxygen atoms in total. The number of carbonyl (C=O) groups excluding carboxylic acids is 2. The van der Waals surface area contributed by atoms with E-state index in [2.05, 4.69) is 4.72 Å². The first-order valence-corrected chi connectivity index (χ1v) is 14.0. The van der Waals surface area contributed by atoms with E-state index in [0.717, 1.165) is 5.56 Å². The van der Waals surface area contributed by atoms with E-state index in [0.29, 0.717) is 34.8 Å². The molecular formula is C28H28ClN3O4S. The number of benzene rings is 3. The zero-order valence-electron chi connectivity index (χ0n) is 20.6. The third-order valence-electron chi connectivity index (χ3n) is 6.44. The van der Waals surface area contributed by atoms with E-state index in [1.54, 1.807) is 36.4 Å². The molecule has 192 valence electrons. The Morgan fingerprint density at radius 2 is 1.62 bits per heavy atom. The number of fused-ring (bicyclic) bond motifs is 1. The molecule has 1 aliphatic rings. The van der Waals surface area contributed by atoms with Crippen LogP contribution in [0.4, 0.5) is 5.69 Å². The van der Waals surface area contributed by atoms with Crippen molar-refractivity contribution >= 4 is 44.8 Å². The largest absolute Gasteiger partial charge is 0.300 e. The van der Waals surface area contributed by atoms with Gasteiger partial charge in [-0.2, -0.15) is 0 Å². The van der Waals surface area contributed by atoms with Crippen LogP contribution in [0.5, 0.6) is 0 Å². The number of amides is 2. The molecule has 4 rings (SSSR count). The lowest BCUT2D eigenvalue weighted by Gasteiger charge is -2.27. The fourth-order valence-corrected chi connectivity index (χ4v) is 5.66. The van der Waals surface area contributed by atoms with Gasteiger partial charge in [-0.1, -0.05) is 86.8 Å². The van der Waals surface area contributed by atoms with Gasteiger partial charge in [0.15, 0.2) is 0 Å². The van der Waals surface area contributed by atoms with Crippen molar-refractivity contribution in [1.29, 1.82) is 0 Å². The Kier molecular flexibility index (Phi) is 8.10. The van der Waals surface area contributed by atoms with Gasteiger partial charge in [0, 0.05) is 16.1 Å². The van der Waals surface area contributed by atoms with Crippen LogP contribution < -0.4 is 9.62 Å². The number of rotatable bonds is 8. The predicted octanol–water partition coefficient (Wildman–Crippen LogP) is 4.83. The summed E-state index contributed by atoms with van der Waals surface area (Å²) < 4.78 is 27.6. The van der Waals surface area contributed by atoms with Gasteiger partial charge in [-0.15, -0.1) is 0 Å². The maximum Gasteiger partial charge on any atom is 0.264 e. The third kappa shape index (κ3) is 5.76. The van der Waals surface area contributed by atoms with Crippen LogP contribution in [-0.2, 0) is 19.6 Å². The molecule has 0 radical (unpaired) electrons. The molecule has 0 aromatic heterocycles. The summed E-state index contributed by atoms with van der Waals surface area (Å²) in [5.74, 6) is -1.27. The van der Waals surface area contributed by atoms with Crippen molar-refractivity contribution in [2.45, 2.75) is 37.6 Å². The molecule has 2 amide bonds. The topological polar surface area (TPSA) is 95.9 Å². The lowest BCUT2D eigenvalue weighted by molar-refractivity contribution is -0.124. The quantitative estimate of drug-likeness (QED) is 0.445. The van der Waals surface area contributed by atoms with Crippen LogP contribution in [-0.4, -0.2) is 38.5 Å². The molecule has 0 aliphatic carbocycles. The number of aliphatic imine (C=N–C) groups is 1. The van der Waals surface area contributed by atoms with Crippen LogP contribution in [0, 0.1) is 5.92 Å². The summed E-state index contributed by atoms with van der Waals surface area (Å²) in [6.07, 6.45) is 1.41. The lowest BCUT2D eigenvalue weighted by Crippen LogP contribution is -2.47. The number of halogens is 1. The van der Waals surface area contributed by atoms with E-state index in [4.69, 9.17) is 16.6 Å². The van der Waals surface area contributed by atoms with Crippen molar-refractivity contribution in [1.82, 2.24) is 4.72 Å². The van der Waals surface area contributed by atoms with E-state index in [-0.39, 0.29) is 16.7 Å². The van der Waals surface area contributed by atoms with Crippen molar-refractivity contribution < 1.29 is 18.0 Å². The van der Waals surface area contributed by atoms with Gasteiger partial charge < -0.3 is 4.90 Å². The van der Waals surface area contributed by atoms with Gasteiger partial charge in [-0.05, 0) is 36.2 Å². The Bertz CT molecular complexity index is 1420. The minimum absolute atomic E-state index is 0.0395. The minimum atomic E-state index is -4.10. The summed E-state index contributed by atoms with van der Waals surface area (Å²) in [6, 6.07) is 21.4. The Hall–Kier alpha value is -3.49. The van der Waals surface area contributed by atoms with E-state index in [1.165, 1.54) is 17.0 Å². The van der Waals surface area contributed by atoms with Crippen molar-refractivity contribution in [2.24, 2.45) is 10.9 Å². The second kappa shape index (κ2) is 11.3. The maximum atomic E-state index is 14.0. The number of hydrogen-bond acceptors (Lipinski definition) is 5. The average molecular weight is 538 g/mol. The Labute approximate surface area is 222 Å². The van der Waals surface area contributed by atoms with Crippen molar-refractivity contribution in [3.8, 4) is 0 Å². The molecule has 37 heavy (non-hydrogen) atoms. The molecule has 1 unspecified atom stereocenters. The SMILES string of the molecule is CCC(CC)C1N=C(c2ccccc2)c2cc(Cl)ccc2N(CC(=O)NS(=O)(=O)c2ccccc2)C1=O. The van der Waals surface area contributed by atoms with Crippen LogP contribution in [0.2, 0.25) is 5.02 Å². The van der Waals surface area contributed by atoms with Crippen molar-refractivity contribution in [2.75, 3.05) is 11.4 Å². The van der Waals surface area contributed by atoms with Gasteiger partial charge in [0.2, 0.25) is 0 Å². The summed E-state index contributed by atoms with van der Waals surface area (Å²) in [5, 5.41) is 0.451. The lowest BCUT2D eigenvalue weighted by atomic mass is 9.93. The number of nitrogens with zero attached hydrogens (tertiary/aromatic N) is 2. The van der Waals surface area contributed by atoms with Gasteiger partial charge in [-0.3, -0.25) is 14.6 Å². The highest BCUT2D eigenvalue weighted by Gasteiger charge is 2.37. The summed E-state index contributed by atoms with van der Waals surface area (Å²) in [7, 11) is -4.10. The first-order valence-electron chi connectivity index (χ1n) is 12.1. The number of anilines is 1. The highest BCUT2D eigenvalue weighted by molar-refractivity contribution is 7.90. The van der Waals surface area contributed by atoms with Gasteiger partial charge >= 0.3 is 0 Å². The predicted molar refractivity (Wildman–Crippen MR) is 146 cm³/mol. The fraction of sp³-hybridized carbons (Fsp3) is 0.250. The van der Waals surface area contributed by atoms with Crippen molar-refractivity contribution in [3.05, 3.63) is 95.0 Å². The molecule has 9 heteroatoms. The molecule has 0 saturated carbocycles. The Balaban J connectivity index is 1.78. The second-order valence-electron chi connectivity index (χ2n) is 8.79. The maximum absolute atomic E-state index is 14.0. The summed E-state index contributed by atoms with van der Waals surface area (Å²) in [6.45, 7) is 3.50. The van der Waals surface area contributed by atoms with E-state index in [1.807, 2.05) is 44.2 Å². The monoisotopic (exact) mass is 537 g/mol. The number of hydrogen-bond donors (Lipinski definition) is 1. The average Bonchev–Trinajstić information content (AvgIpc) is 3.00. The van der Waals surface area contributed by atoms with Crippen LogP contribution in [0.15, 0.2) is 88.8 Å². The van der Waals surface area contributed by atoms with Crippen LogP contribution in [0.25, 0.3) is 0 Å². The molecule has 1 atom stereocenters. The fourth-order valence-electron chi connectivity index (χ4n) is 4.49. The van der Waals surface area contributed by atoms with E-state index >= 15 is 0 Å². The summed E-state index contributed by atoms with van der Waals surface area (Å²) in [5.41, 5.74) is 2.45. The first kappa shape index (κ1) is 26.6. The van der Waals surface area contributed by atoms with Crippen LogP contribution in [0.3, 0.4) is 0 Å². The Morgan fingerprint density at radius 3 is 2.24 bits per heavy atom. The van der Waals surface area contributed by atoms with Crippen molar-refractivity contribution in [3.63, 3.8) is 0 Å². The van der Waals surface area contributed by atoms with Crippen LogP contribution >= 0.6 is 11.6 Å². The zero-order valence-corrected chi connectivity index (χ0v) is 22.2. The Morgan fingerprint density at radius 1 is 1.00 bits per heavy atom. The van der Waals surface area contributed by atoms with E-state index in [9.17, 15) is 18.0 Å². The molecule has 1 heterocycles. The third-order valence-corrected chi connectivity index (χ3v) is 8.06. The molecule has 0 saturated heterocycles. The molecule has 0 spiro atoms. The highest BCUT2D eigenvalue weighted by atomic mass is 35.5. The molecular weight excluding hydrogens is 510 g/mol. The summed E-state index contributed by atoms with van der Waals surface area (Å²) >= 11 is 6.36. The van der Waals surface area contributed by atoms with Gasteiger partial charge in [-0.25, -0.2) is 13.1 Å². The number of sulfonamides is 1. The molecule has 0 fully saturated rings. The van der Waals surface area contributed by atoms with Gasteiger partial charge in [0.1, 0.15) is 12.6 Å². The second-order valence-corrected chi connectivity index (χ2v) is 10.9. The molecule has 3 aromatic carbocycles. The highest BCUT2D eigenvalue weighted by Crippen LogP contribution is 2.33. The normalized spacial score (nSPS) is 15.7. The van der Waals surface area contributed by atoms with E-state index < -0.39 is 28.5 Å². The number of nitrogens with one attached hydrogen (secondary N) is 1. The zero-order chi connectivity index (χ0) is 26.6. The minimum Gasteiger partial charge on any atom is -0.300 e. The van der Waals surface area contributed by atoms with Crippen LogP contribution in [0.1, 0.15) is 37.8 Å². The molecule has 3 aromatic rings. The first-order chi connectivity index (χ1) is 17.7. The molecule has 0 bridgehead atoms. The number of benzodiazepines with no additional fused rings is 1. The van der Waals surface area contributed by atoms with Gasteiger partial charge in [0.05, 0.1) is 16.3 Å². The molecule has 1 N–H and O–H groups in total. The summed E-state index contributed by atoms with van der Waals surface area (Å²) in [4.78, 5) is 33.2. The number of carbonyl (C=O) groups is 2. The smallest absolute Gasteiger partial charge is 0.264 e. The van der Waals surface area contributed by atoms with Gasteiger partial charge in [0.25, 0.3) is 21.8 Å².